The van der Waals surface area contributed by atoms with Crippen molar-refractivity contribution in [2.75, 3.05) is 7.11 Å². The molecule has 0 radical (unpaired) electrons. The summed E-state index contributed by atoms with van der Waals surface area (Å²) in [7, 11) is 1.33. The van der Waals surface area contributed by atoms with Crippen molar-refractivity contribution in [1.82, 2.24) is 0 Å². The highest BCUT2D eigenvalue weighted by atomic mass is 19.1. The number of esters is 1. The number of nitro benzene ring substituents is 1. The van der Waals surface area contributed by atoms with Crippen molar-refractivity contribution in [3.63, 3.8) is 0 Å². The summed E-state index contributed by atoms with van der Waals surface area (Å²) in [6.07, 6.45) is 1.37. The maximum atomic E-state index is 13.0. The number of methoxy groups -OCH3 is 1. The second-order valence-electron chi connectivity index (χ2n) is 5.03. The quantitative estimate of drug-likeness (QED) is 0.368. The Morgan fingerprint density at radius 3 is 2.60 bits per heavy atom. The summed E-state index contributed by atoms with van der Waals surface area (Å²) in [6, 6.07) is 9.56. The number of aliphatic imine (C=N–C) groups is 1. The summed E-state index contributed by atoms with van der Waals surface area (Å²) >= 11 is 0. The van der Waals surface area contributed by atoms with Crippen molar-refractivity contribution < 1.29 is 23.6 Å². The van der Waals surface area contributed by atoms with Crippen LogP contribution in [0.4, 0.5) is 10.1 Å². The molecule has 0 N–H and O–H groups in total. The molecule has 0 fully saturated rings. The molecule has 0 aliphatic carbocycles. The van der Waals surface area contributed by atoms with Crippen LogP contribution >= 0.6 is 0 Å². The first-order chi connectivity index (χ1) is 12.0. The lowest BCUT2D eigenvalue weighted by Gasteiger charge is -2.02. The number of nitro groups is 1. The summed E-state index contributed by atoms with van der Waals surface area (Å²) in [6.45, 7) is 0. The molecule has 0 spiro atoms. The molecule has 0 saturated carbocycles. The lowest BCUT2D eigenvalue weighted by atomic mass is 10.1. The normalized spacial score (nSPS) is 15.0. The largest absolute Gasteiger partial charge is 0.490 e. The number of hydrogen-bond acceptors (Lipinski definition) is 6. The summed E-state index contributed by atoms with van der Waals surface area (Å²) < 4.78 is 22.9. The van der Waals surface area contributed by atoms with Gasteiger partial charge in [-0.1, -0.05) is 6.07 Å². The predicted octanol–water partition coefficient (Wildman–Crippen LogP) is 3.09. The van der Waals surface area contributed by atoms with Gasteiger partial charge in [0, 0.05) is 11.6 Å². The van der Waals surface area contributed by atoms with Crippen molar-refractivity contribution in [2.24, 2.45) is 4.99 Å². The zero-order valence-electron chi connectivity index (χ0n) is 12.9. The van der Waals surface area contributed by atoms with Gasteiger partial charge < -0.3 is 9.47 Å². The molecule has 0 saturated heterocycles. The molecule has 8 heteroatoms. The summed E-state index contributed by atoms with van der Waals surface area (Å²) in [5.41, 5.74) is 0.590. The van der Waals surface area contributed by atoms with E-state index in [9.17, 15) is 19.3 Å². The molecule has 7 nitrogen and oxygen atoms in total. The Balaban J connectivity index is 1.95. The van der Waals surface area contributed by atoms with Gasteiger partial charge in [0.25, 0.3) is 0 Å². The van der Waals surface area contributed by atoms with Crippen molar-refractivity contribution in [2.45, 2.75) is 0 Å². The van der Waals surface area contributed by atoms with E-state index in [-0.39, 0.29) is 23.0 Å². The Bertz CT molecular complexity index is 919. The van der Waals surface area contributed by atoms with Gasteiger partial charge in [0.05, 0.1) is 12.0 Å². The Morgan fingerprint density at radius 1 is 1.24 bits per heavy atom. The van der Waals surface area contributed by atoms with Crippen LogP contribution < -0.4 is 4.74 Å². The molecule has 126 valence electrons. The Labute approximate surface area is 141 Å². The predicted molar refractivity (Wildman–Crippen MR) is 86.7 cm³/mol. The van der Waals surface area contributed by atoms with Crippen LogP contribution in [0.25, 0.3) is 6.08 Å². The van der Waals surface area contributed by atoms with Gasteiger partial charge in [0.1, 0.15) is 5.82 Å². The van der Waals surface area contributed by atoms with Gasteiger partial charge in [-0.25, -0.2) is 14.2 Å². The summed E-state index contributed by atoms with van der Waals surface area (Å²) in [5.74, 6) is -0.969. The van der Waals surface area contributed by atoms with E-state index < -0.39 is 16.7 Å². The molecule has 0 atom stereocenters. The van der Waals surface area contributed by atoms with Gasteiger partial charge >= 0.3 is 11.7 Å². The second kappa shape index (κ2) is 6.52. The second-order valence-corrected chi connectivity index (χ2v) is 5.03. The maximum Gasteiger partial charge on any atom is 0.363 e. The molecular formula is C17H11FN2O5. The van der Waals surface area contributed by atoms with Crippen molar-refractivity contribution in [3.8, 4) is 5.75 Å². The monoisotopic (exact) mass is 342 g/mol. The van der Waals surface area contributed by atoms with Gasteiger partial charge in [-0.05, 0) is 42.0 Å². The molecule has 1 aliphatic heterocycles. The standard InChI is InChI=1S/C17H11FN2O5/c1-24-15-7-2-10(9-14(15)20(22)23)8-13-17(21)25-16(19-13)11-3-5-12(18)6-4-11/h2-9H,1H3/b13-8+. The molecular weight excluding hydrogens is 331 g/mol. The fraction of sp³-hybridized carbons (Fsp3) is 0.0588. The lowest BCUT2D eigenvalue weighted by molar-refractivity contribution is -0.385. The maximum absolute atomic E-state index is 13.0. The lowest BCUT2D eigenvalue weighted by Crippen LogP contribution is -2.05. The topological polar surface area (TPSA) is 91.0 Å². The van der Waals surface area contributed by atoms with Crippen LogP contribution in [-0.2, 0) is 9.53 Å². The van der Waals surface area contributed by atoms with Crippen LogP contribution in [0.2, 0.25) is 0 Å². The molecule has 2 aromatic rings. The molecule has 2 aromatic carbocycles. The number of rotatable bonds is 4. The Morgan fingerprint density at radius 2 is 1.96 bits per heavy atom. The fourth-order valence-electron chi connectivity index (χ4n) is 2.22. The Hall–Kier alpha value is -3.55. The minimum atomic E-state index is -0.696. The number of cyclic esters (lactones) is 1. The minimum absolute atomic E-state index is 0.0150. The van der Waals surface area contributed by atoms with E-state index in [1.54, 1.807) is 6.07 Å². The zero-order chi connectivity index (χ0) is 18.0. The average molecular weight is 342 g/mol. The van der Waals surface area contributed by atoms with E-state index in [0.717, 1.165) is 0 Å². The number of halogens is 1. The average Bonchev–Trinajstić information content (AvgIpc) is 2.96. The minimum Gasteiger partial charge on any atom is -0.490 e. The molecule has 1 aliphatic rings. The number of carbonyl (C=O) groups excluding carboxylic acids is 1. The number of ether oxygens (including phenoxy) is 2. The van der Waals surface area contributed by atoms with Crippen LogP contribution in [0, 0.1) is 15.9 Å². The van der Waals surface area contributed by atoms with E-state index in [4.69, 9.17) is 9.47 Å². The van der Waals surface area contributed by atoms with Crippen LogP contribution in [-0.4, -0.2) is 23.9 Å². The highest BCUT2D eigenvalue weighted by Gasteiger charge is 2.24. The van der Waals surface area contributed by atoms with Crippen molar-refractivity contribution in [1.29, 1.82) is 0 Å². The van der Waals surface area contributed by atoms with Gasteiger partial charge in [0.2, 0.25) is 5.90 Å². The first kappa shape index (κ1) is 16.3. The van der Waals surface area contributed by atoms with Crippen LogP contribution in [0.3, 0.4) is 0 Å². The SMILES string of the molecule is COc1ccc(/C=C2/N=C(c3ccc(F)cc3)OC2=O)cc1[N+](=O)[O-]. The number of hydrogen-bond donors (Lipinski definition) is 0. The highest BCUT2D eigenvalue weighted by molar-refractivity contribution is 6.12. The van der Waals surface area contributed by atoms with Gasteiger partial charge in [-0.2, -0.15) is 0 Å². The van der Waals surface area contributed by atoms with Crippen molar-refractivity contribution >= 4 is 23.6 Å². The number of benzene rings is 2. The number of carbonyl (C=O) groups is 1. The first-order valence-corrected chi connectivity index (χ1v) is 7.09. The third kappa shape index (κ3) is 3.37. The van der Waals surface area contributed by atoms with E-state index in [1.807, 2.05) is 0 Å². The van der Waals surface area contributed by atoms with Crippen LogP contribution in [0.15, 0.2) is 53.2 Å². The molecule has 3 rings (SSSR count). The van der Waals surface area contributed by atoms with Crippen LogP contribution in [0.1, 0.15) is 11.1 Å². The van der Waals surface area contributed by atoms with Gasteiger partial charge in [0.15, 0.2) is 11.4 Å². The molecule has 0 aromatic heterocycles. The third-order valence-corrected chi connectivity index (χ3v) is 3.41. The van der Waals surface area contributed by atoms with Gasteiger partial charge in [-0.15, -0.1) is 0 Å². The third-order valence-electron chi connectivity index (χ3n) is 3.41. The van der Waals surface area contributed by atoms with Crippen LogP contribution in [0.5, 0.6) is 5.75 Å². The van der Waals surface area contributed by atoms with Crippen molar-refractivity contribution in [3.05, 3.63) is 75.2 Å². The molecule has 0 amide bonds. The van der Waals surface area contributed by atoms with E-state index in [2.05, 4.69) is 4.99 Å². The molecule has 1 heterocycles. The van der Waals surface area contributed by atoms with E-state index in [0.29, 0.717) is 11.1 Å². The zero-order valence-corrected chi connectivity index (χ0v) is 12.9. The van der Waals surface area contributed by atoms with Gasteiger partial charge in [-0.3, -0.25) is 10.1 Å². The molecule has 0 unspecified atom stereocenters. The summed E-state index contributed by atoms with van der Waals surface area (Å²) in [5, 5.41) is 11.1. The van der Waals surface area contributed by atoms with E-state index >= 15 is 0 Å². The highest BCUT2D eigenvalue weighted by Crippen LogP contribution is 2.29. The van der Waals surface area contributed by atoms with E-state index in [1.165, 1.54) is 49.6 Å². The summed E-state index contributed by atoms with van der Waals surface area (Å²) in [4.78, 5) is 26.5. The first-order valence-electron chi connectivity index (χ1n) is 7.09. The molecule has 0 bridgehead atoms. The number of nitrogens with zero attached hydrogens (tertiary/aromatic N) is 2. The smallest absolute Gasteiger partial charge is 0.363 e. The molecule has 25 heavy (non-hydrogen) atoms. The fourth-order valence-corrected chi connectivity index (χ4v) is 2.22. The Kier molecular flexibility index (Phi) is 4.25.